The fourth-order valence-corrected chi connectivity index (χ4v) is 2.49. The van der Waals surface area contributed by atoms with E-state index in [9.17, 15) is 0 Å². The van der Waals surface area contributed by atoms with E-state index in [1.807, 2.05) is 19.1 Å². The van der Waals surface area contributed by atoms with Crippen LogP contribution in [0, 0.1) is 6.92 Å². The van der Waals surface area contributed by atoms with Crippen LogP contribution >= 0.6 is 11.6 Å². The van der Waals surface area contributed by atoms with Crippen LogP contribution < -0.4 is 4.90 Å². The zero-order chi connectivity index (χ0) is 13.0. The van der Waals surface area contributed by atoms with Crippen LogP contribution in [0.15, 0.2) is 24.3 Å². The molecule has 1 heterocycles. The molecule has 1 aromatic carbocycles. The molecule has 0 spiro atoms. The molecule has 2 rings (SSSR count). The second kappa shape index (κ2) is 6.26. The number of hydrogen-bond donors (Lipinski definition) is 0. The fourth-order valence-electron chi connectivity index (χ4n) is 2.26. The Hall–Kier alpha value is -0.990. The van der Waals surface area contributed by atoms with Gasteiger partial charge in [0.2, 0.25) is 0 Å². The number of hydrogen-bond acceptors (Lipinski definition) is 2. The molecular weight excluding hydrogens is 244 g/mol. The van der Waals surface area contributed by atoms with Gasteiger partial charge in [-0.05, 0) is 38.1 Å². The normalized spacial score (nSPS) is 17.6. The molecule has 3 heteroatoms. The minimum Gasteiger partial charge on any atom is -0.369 e. The molecule has 1 aromatic rings. The molecule has 0 amide bonds. The van der Waals surface area contributed by atoms with E-state index in [0.29, 0.717) is 0 Å². The number of piperazine rings is 1. The van der Waals surface area contributed by atoms with Gasteiger partial charge in [0.15, 0.2) is 0 Å². The number of allylic oxidation sites excluding steroid dienone is 1. The van der Waals surface area contributed by atoms with E-state index in [1.54, 1.807) is 0 Å². The van der Waals surface area contributed by atoms with Crippen molar-refractivity contribution < 1.29 is 0 Å². The highest BCUT2D eigenvalue weighted by molar-refractivity contribution is 6.32. The Morgan fingerprint density at radius 3 is 2.56 bits per heavy atom. The average molecular weight is 264 g/mol. The number of rotatable bonds is 3. The maximum Gasteiger partial charge on any atom is 0.0498 e. The van der Waals surface area contributed by atoms with Crippen molar-refractivity contribution in [2.75, 3.05) is 37.6 Å². The lowest BCUT2D eigenvalue weighted by Gasteiger charge is -2.35. The van der Waals surface area contributed by atoms with Crippen LogP contribution in [0.5, 0.6) is 0 Å². The quantitative estimate of drug-likeness (QED) is 0.825. The summed E-state index contributed by atoms with van der Waals surface area (Å²) in [5, 5.41) is 0.824. The molecule has 0 aromatic heterocycles. The van der Waals surface area contributed by atoms with E-state index in [4.69, 9.17) is 11.6 Å². The minimum absolute atomic E-state index is 0.824. The Morgan fingerprint density at radius 1 is 1.28 bits per heavy atom. The first kappa shape index (κ1) is 13.4. The fraction of sp³-hybridized carbons (Fsp3) is 0.400. The topological polar surface area (TPSA) is 6.48 Å². The van der Waals surface area contributed by atoms with Gasteiger partial charge >= 0.3 is 0 Å². The summed E-state index contributed by atoms with van der Waals surface area (Å²) in [4.78, 5) is 4.75. The molecule has 2 nitrogen and oxygen atoms in total. The summed E-state index contributed by atoms with van der Waals surface area (Å²) >= 11 is 6.29. The third kappa shape index (κ3) is 3.06. The predicted molar refractivity (Wildman–Crippen MR) is 80.2 cm³/mol. The van der Waals surface area contributed by atoms with Crippen molar-refractivity contribution in [1.29, 1.82) is 0 Å². The second-order valence-electron chi connectivity index (χ2n) is 4.53. The van der Waals surface area contributed by atoms with Crippen molar-refractivity contribution >= 4 is 23.4 Å². The molecule has 0 aliphatic carbocycles. The lowest BCUT2D eigenvalue weighted by Crippen LogP contribution is -2.46. The number of anilines is 1. The van der Waals surface area contributed by atoms with Gasteiger partial charge < -0.3 is 4.90 Å². The molecule has 0 bridgehead atoms. The van der Waals surface area contributed by atoms with E-state index in [2.05, 4.69) is 34.9 Å². The molecule has 1 saturated heterocycles. The molecule has 0 N–H and O–H groups in total. The van der Waals surface area contributed by atoms with Gasteiger partial charge in [0.1, 0.15) is 0 Å². The van der Waals surface area contributed by atoms with Crippen LogP contribution in [-0.2, 0) is 0 Å². The van der Waals surface area contributed by atoms with Crippen LogP contribution in [0.25, 0.3) is 6.08 Å². The van der Waals surface area contributed by atoms with E-state index in [0.717, 1.165) is 43.3 Å². The molecule has 97 valence electrons. The number of benzene rings is 1. The van der Waals surface area contributed by atoms with Crippen molar-refractivity contribution in [2.24, 2.45) is 0 Å². The van der Waals surface area contributed by atoms with E-state index in [1.165, 1.54) is 5.69 Å². The third-order valence-corrected chi connectivity index (χ3v) is 3.71. The van der Waals surface area contributed by atoms with Crippen molar-refractivity contribution in [3.05, 3.63) is 41.8 Å². The molecule has 1 aliphatic rings. The number of halogens is 1. The summed E-state index contributed by atoms with van der Waals surface area (Å²) in [5.74, 6) is 0. The maximum atomic E-state index is 6.29. The molecule has 0 unspecified atom stereocenters. The zero-order valence-electron chi connectivity index (χ0n) is 10.9. The van der Waals surface area contributed by atoms with Gasteiger partial charge in [-0.15, -0.1) is 0 Å². The summed E-state index contributed by atoms with van der Waals surface area (Å²) < 4.78 is 0. The Kier molecular flexibility index (Phi) is 4.67. The SMILES string of the molecule is [CH2]CN1CCN(c2ccc(/C=C/C)c(Cl)c2)CC1. The first-order valence-electron chi connectivity index (χ1n) is 6.43. The van der Waals surface area contributed by atoms with Crippen LogP contribution in [-0.4, -0.2) is 37.6 Å². The van der Waals surface area contributed by atoms with Crippen molar-refractivity contribution in [1.82, 2.24) is 4.90 Å². The van der Waals surface area contributed by atoms with Crippen LogP contribution in [0.1, 0.15) is 12.5 Å². The van der Waals surface area contributed by atoms with Crippen molar-refractivity contribution in [3.8, 4) is 0 Å². The molecule has 0 saturated carbocycles. The zero-order valence-corrected chi connectivity index (χ0v) is 11.7. The van der Waals surface area contributed by atoms with Gasteiger partial charge in [-0.25, -0.2) is 0 Å². The van der Waals surface area contributed by atoms with Crippen LogP contribution in [0.4, 0.5) is 5.69 Å². The van der Waals surface area contributed by atoms with E-state index in [-0.39, 0.29) is 0 Å². The lowest BCUT2D eigenvalue weighted by molar-refractivity contribution is 0.283. The van der Waals surface area contributed by atoms with Crippen LogP contribution in [0.2, 0.25) is 5.02 Å². The smallest absolute Gasteiger partial charge is 0.0498 e. The number of nitrogens with zero attached hydrogens (tertiary/aromatic N) is 2. The third-order valence-electron chi connectivity index (χ3n) is 3.38. The molecular formula is C15H20ClN2. The Balaban J connectivity index is 2.08. The van der Waals surface area contributed by atoms with Crippen molar-refractivity contribution in [3.63, 3.8) is 0 Å². The van der Waals surface area contributed by atoms with Crippen molar-refractivity contribution in [2.45, 2.75) is 6.92 Å². The summed E-state index contributed by atoms with van der Waals surface area (Å²) in [6.45, 7) is 11.1. The highest BCUT2D eigenvalue weighted by Gasteiger charge is 2.16. The minimum atomic E-state index is 0.824. The molecule has 1 aliphatic heterocycles. The van der Waals surface area contributed by atoms with Gasteiger partial charge in [0.05, 0.1) is 0 Å². The van der Waals surface area contributed by atoms with Gasteiger partial charge in [-0.3, -0.25) is 4.90 Å². The predicted octanol–water partition coefficient (Wildman–Crippen LogP) is 3.33. The lowest BCUT2D eigenvalue weighted by atomic mass is 10.1. The van der Waals surface area contributed by atoms with E-state index < -0.39 is 0 Å². The summed E-state index contributed by atoms with van der Waals surface area (Å²) in [5.41, 5.74) is 2.30. The molecule has 0 atom stereocenters. The van der Waals surface area contributed by atoms with Gasteiger partial charge in [0, 0.05) is 36.9 Å². The van der Waals surface area contributed by atoms with E-state index >= 15 is 0 Å². The average Bonchev–Trinajstić information content (AvgIpc) is 2.41. The summed E-state index contributed by atoms with van der Waals surface area (Å²) in [6, 6.07) is 6.31. The first-order valence-corrected chi connectivity index (χ1v) is 6.81. The monoisotopic (exact) mass is 263 g/mol. The second-order valence-corrected chi connectivity index (χ2v) is 4.94. The van der Waals surface area contributed by atoms with Gasteiger partial charge in [0.25, 0.3) is 0 Å². The summed E-state index contributed by atoms with van der Waals surface area (Å²) in [7, 11) is 0. The van der Waals surface area contributed by atoms with Gasteiger partial charge in [-0.1, -0.05) is 29.8 Å². The van der Waals surface area contributed by atoms with Crippen LogP contribution in [0.3, 0.4) is 0 Å². The maximum absolute atomic E-state index is 6.29. The Bertz CT molecular complexity index is 421. The standard InChI is InChI=1S/C15H20ClN2/c1-3-5-13-6-7-14(12-15(13)16)18-10-8-17(4-2)9-11-18/h3,5-7,12H,2,4,8-11H2,1H3/b5-3+. The molecule has 1 fully saturated rings. The van der Waals surface area contributed by atoms with Gasteiger partial charge in [-0.2, -0.15) is 0 Å². The largest absolute Gasteiger partial charge is 0.369 e. The Morgan fingerprint density at radius 2 is 2.00 bits per heavy atom. The highest BCUT2D eigenvalue weighted by atomic mass is 35.5. The highest BCUT2D eigenvalue weighted by Crippen LogP contribution is 2.25. The first-order chi connectivity index (χ1) is 8.74. The molecule has 18 heavy (non-hydrogen) atoms. The Labute approximate surface area is 115 Å². The molecule has 1 radical (unpaired) electrons. The summed E-state index contributed by atoms with van der Waals surface area (Å²) in [6.07, 6.45) is 4.04.